The van der Waals surface area contributed by atoms with Crippen LogP contribution in [0, 0.1) is 5.41 Å². The Bertz CT molecular complexity index is 463. The van der Waals surface area contributed by atoms with Crippen molar-refractivity contribution >= 4 is 33.4 Å². The molecule has 18 heavy (non-hydrogen) atoms. The van der Waals surface area contributed by atoms with Crippen LogP contribution in [0.1, 0.15) is 37.0 Å². The molecule has 1 aliphatic rings. The third-order valence-electron chi connectivity index (χ3n) is 3.57. The lowest BCUT2D eigenvalue weighted by atomic mass is 9.82. The summed E-state index contributed by atoms with van der Waals surface area (Å²) in [5, 5.41) is 0.637. The molecule has 2 nitrogen and oxygen atoms in total. The second-order valence-electron chi connectivity index (χ2n) is 5.58. The Labute approximate surface area is 121 Å². The van der Waals surface area contributed by atoms with Crippen molar-refractivity contribution in [2.24, 2.45) is 5.41 Å². The predicted molar refractivity (Wildman–Crippen MR) is 78.1 cm³/mol. The Morgan fingerprint density at radius 3 is 2.50 bits per heavy atom. The van der Waals surface area contributed by atoms with Crippen LogP contribution in [0.15, 0.2) is 22.7 Å². The van der Waals surface area contributed by atoms with Crippen LogP contribution in [0.5, 0.6) is 0 Å². The van der Waals surface area contributed by atoms with Crippen LogP contribution < -0.4 is 0 Å². The zero-order chi connectivity index (χ0) is 13.3. The Balaban J connectivity index is 2.13. The van der Waals surface area contributed by atoms with Crippen molar-refractivity contribution < 1.29 is 4.79 Å². The zero-order valence-electron chi connectivity index (χ0n) is 10.7. The first-order valence-electron chi connectivity index (χ1n) is 6.13. The van der Waals surface area contributed by atoms with Crippen LogP contribution in [-0.2, 0) is 0 Å². The number of benzene rings is 1. The Kier molecular flexibility index (Phi) is 4.02. The minimum absolute atomic E-state index is 0.0917. The van der Waals surface area contributed by atoms with Crippen molar-refractivity contribution in [3.8, 4) is 0 Å². The quantitative estimate of drug-likeness (QED) is 0.749. The van der Waals surface area contributed by atoms with Crippen molar-refractivity contribution in [3.63, 3.8) is 0 Å². The van der Waals surface area contributed by atoms with Crippen LogP contribution >= 0.6 is 27.5 Å². The van der Waals surface area contributed by atoms with E-state index in [2.05, 4.69) is 29.8 Å². The third-order valence-corrected chi connectivity index (χ3v) is 4.46. The van der Waals surface area contributed by atoms with Gasteiger partial charge in [0.2, 0.25) is 0 Å². The van der Waals surface area contributed by atoms with Gasteiger partial charge in [-0.1, -0.05) is 25.4 Å². The van der Waals surface area contributed by atoms with Gasteiger partial charge in [0.25, 0.3) is 5.91 Å². The molecule has 0 saturated carbocycles. The topological polar surface area (TPSA) is 20.3 Å². The molecule has 0 atom stereocenters. The van der Waals surface area contributed by atoms with Gasteiger partial charge >= 0.3 is 0 Å². The van der Waals surface area contributed by atoms with E-state index in [1.165, 1.54) is 0 Å². The van der Waals surface area contributed by atoms with Crippen LogP contribution in [0.2, 0.25) is 5.02 Å². The van der Waals surface area contributed by atoms with E-state index >= 15 is 0 Å². The summed E-state index contributed by atoms with van der Waals surface area (Å²) in [6.07, 6.45) is 2.12. The number of hydrogen-bond donors (Lipinski definition) is 0. The summed E-state index contributed by atoms with van der Waals surface area (Å²) in [7, 11) is 0. The molecule has 1 aromatic carbocycles. The van der Waals surface area contributed by atoms with Gasteiger partial charge < -0.3 is 4.90 Å². The Hall–Kier alpha value is -0.540. The summed E-state index contributed by atoms with van der Waals surface area (Å²) in [6, 6.07) is 5.31. The van der Waals surface area contributed by atoms with Gasteiger partial charge in [-0.2, -0.15) is 0 Å². The summed E-state index contributed by atoms with van der Waals surface area (Å²) in [5.41, 5.74) is 1.05. The Morgan fingerprint density at radius 1 is 1.33 bits per heavy atom. The second-order valence-corrected chi connectivity index (χ2v) is 6.87. The number of halogens is 2. The molecule has 0 radical (unpaired) electrons. The number of piperidine rings is 1. The maximum absolute atomic E-state index is 12.4. The van der Waals surface area contributed by atoms with Gasteiger partial charge in [0.15, 0.2) is 0 Å². The fourth-order valence-electron chi connectivity index (χ4n) is 2.15. The molecule has 4 heteroatoms. The molecule has 1 aromatic rings. The maximum atomic E-state index is 12.4. The minimum Gasteiger partial charge on any atom is -0.339 e. The van der Waals surface area contributed by atoms with E-state index in [-0.39, 0.29) is 5.91 Å². The normalized spacial score (nSPS) is 18.8. The lowest BCUT2D eigenvalue weighted by Crippen LogP contribution is -2.41. The number of hydrogen-bond acceptors (Lipinski definition) is 1. The monoisotopic (exact) mass is 329 g/mol. The van der Waals surface area contributed by atoms with Gasteiger partial charge in [0.1, 0.15) is 0 Å². The lowest BCUT2D eigenvalue weighted by molar-refractivity contribution is 0.0629. The van der Waals surface area contributed by atoms with Gasteiger partial charge in [-0.15, -0.1) is 0 Å². The molecule has 1 amide bonds. The van der Waals surface area contributed by atoms with Crippen LogP contribution in [-0.4, -0.2) is 23.9 Å². The lowest BCUT2D eigenvalue weighted by Gasteiger charge is -2.37. The predicted octanol–water partition coefficient (Wildman–Crippen LogP) is 4.36. The number of rotatable bonds is 1. The number of likely N-dealkylation sites (tertiary alicyclic amines) is 1. The molecule has 0 bridgehead atoms. The van der Waals surface area contributed by atoms with Crippen molar-refractivity contribution in [2.45, 2.75) is 26.7 Å². The molecular weight excluding hydrogens is 314 g/mol. The van der Waals surface area contributed by atoms with Gasteiger partial charge in [0, 0.05) is 22.6 Å². The van der Waals surface area contributed by atoms with Crippen molar-refractivity contribution in [3.05, 3.63) is 33.3 Å². The standard InChI is InChI=1S/C14H17BrClNO/c1-14(2)5-7-17(8-6-14)13(18)11-4-3-10(16)9-12(11)15/h3-4,9H,5-8H2,1-2H3. The summed E-state index contributed by atoms with van der Waals surface area (Å²) < 4.78 is 0.768. The van der Waals surface area contributed by atoms with E-state index in [9.17, 15) is 4.79 Å². The first kappa shape index (κ1) is 13.9. The first-order valence-corrected chi connectivity index (χ1v) is 7.30. The van der Waals surface area contributed by atoms with E-state index < -0.39 is 0 Å². The van der Waals surface area contributed by atoms with Crippen molar-refractivity contribution in [1.82, 2.24) is 4.90 Å². The highest BCUT2D eigenvalue weighted by Gasteiger charge is 2.28. The SMILES string of the molecule is CC1(C)CCN(C(=O)c2ccc(Cl)cc2Br)CC1. The van der Waals surface area contributed by atoms with Crippen LogP contribution in [0.4, 0.5) is 0 Å². The average Bonchev–Trinajstić information content (AvgIpc) is 2.28. The minimum atomic E-state index is 0.0917. The molecule has 0 N–H and O–H groups in total. The molecule has 1 aliphatic heterocycles. The molecule has 1 heterocycles. The average molecular weight is 331 g/mol. The van der Waals surface area contributed by atoms with Gasteiger partial charge in [-0.05, 0) is 52.4 Å². The van der Waals surface area contributed by atoms with Crippen LogP contribution in [0.3, 0.4) is 0 Å². The smallest absolute Gasteiger partial charge is 0.254 e. The summed E-state index contributed by atoms with van der Waals surface area (Å²) in [4.78, 5) is 14.3. The highest BCUT2D eigenvalue weighted by Crippen LogP contribution is 2.31. The Morgan fingerprint density at radius 2 is 1.94 bits per heavy atom. The van der Waals surface area contributed by atoms with Gasteiger partial charge in [0.05, 0.1) is 5.56 Å². The van der Waals surface area contributed by atoms with E-state index in [1.807, 2.05) is 4.90 Å². The number of carbonyl (C=O) groups excluding carboxylic acids is 1. The van der Waals surface area contributed by atoms with Gasteiger partial charge in [-0.25, -0.2) is 0 Å². The van der Waals surface area contributed by atoms with E-state index in [0.29, 0.717) is 16.0 Å². The fraction of sp³-hybridized carbons (Fsp3) is 0.500. The molecule has 0 aliphatic carbocycles. The number of nitrogens with zero attached hydrogens (tertiary/aromatic N) is 1. The maximum Gasteiger partial charge on any atom is 0.254 e. The highest BCUT2D eigenvalue weighted by atomic mass is 79.9. The molecule has 1 saturated heterocycles. The number of amides is 1. The second kappa shape index (κ2) is 5.22. The van der Waals surface area contributed by atoms with E-state index in [4.69, 9.17) is 11.6 Å². The number of carbonyl (C=O) groups is 1. The first-order chi connectivity index (χ1) is 8.39. The van der Waals surface area contributed by atoms with E-state index in [1.54, 1.807) is 18.2 Å². The summed E-state index contributed by atoms with van der Waals surface area (Å²) in [6.45, 7) is 6.18. The fourth-order valence-corrected chi connectivity index (χ4v) is 3.00. The molecular formula is C14H17BrClNO. The van der Waals surface area contributed by atoms with Crippen molar-refractivity contribution in [1.29, 1.82) is 0 Å². The zero-order valence-corrected chi connectivity index (χ0v) is 13.0. The van der Waals surface area contributed by atoms with Gasteiger partial charge in [-0.3, -0.25) is 4.79 Å². The largest absolute Gasteiger partial charge is 0.339 e. The molecule has 0 aromatic heterocycles. The highest BCUT2D eigenvalue weighted by molar-refractivity contribution is 9.10. The molecule has 0 unspecified atom stereocenters. The molecule has 0 spiro atoms. The third kappa shape index (κ3) is 3.07. The summed E-state index contributed by atoms with van der Waals surface area (Å²) in [5.74, 6) is 0.0917. The van der Waals surface area contributed by atoms with E-state index in [0.717, 1.165) is 30.4 Å². The molecule has 1 fully saturated rings. The van der Waals surface area contributed by atoms with Crippen LogP contribution in [0.25, 0.3) is 0 Å². The molecule has 98 valence electrons. The molecule has 2 rings (SSSR count). The van der Waals surface area contributed by atoms with Crippen molar-refractivity contribution in [2.75, 3.05) is 13.1 Å². The summed E-state index contributed by atoms with van der Waals surface area (Å²) >= 11 is 9.29.